The standard InChI is InChI=1S/C12H25NO3S/c1-5-17(14,15)8-6-7-13-10-9-11(16-4)12(10,2)3/h10-11,13H,5-9H2,1-4H3. The van der Waals surface area contributed by atoms with Crippen molar-refractivity contribution in [3.8, 4) is 0 Å². The molecule has 1 rings (SSSR count). The van der Waals surface area contributed by atoms with E-state index in [1.54, 1.807) is 14.0 Å². The molecule has 1 saturated carbocycles. The lowest BCUT2D eigenvalue weighted by Gasteiger charge is -2.51. The minimum atomic E-state index is -2.82. The van der Waals surface area contributed by atoms with Gasteiger partial charge in [-0.2, -0.15) is 0 Å². The number of methoxy groups -OCH3 is 1. The van der Waals surface area contributed by atoms with E-state index in [1.165, 1.54) is 0 Å². The van der Waals surface area contributed by atoms with Crippen LogP contribution >= 0.6 is 0 Å². The maximum atomic E-state index is 11.3. The largest absolute Gasteiger partial charge is 0.381 e. The van der Waals surface area contributed by atoms with Gasteiger partial charge in [0.2, 0.25) is 0 Å². The first-order valence-electron chi connectivity index (χ1n) is 6.30. The van der Waals surface area contributed by atoms with Gasteiger partial charge < -0.3 is 10.1 Å². The molecule has 0 radical (unpaired) electrons. The summed E-state index contributed by atoms with van der Waals surface area (Å²) >= 11 is 0. The van der Waals surface area contributed by atoms with Gasteiger partial charge in [0.25, 0.3) is 0 Å². The van der Waals surface area contributed by atoms with E-state index in [4.69, 9.17) is 4.74 Å². The summed E-state index contributed by atoms with van der Waals surface area (Å²) in [6.07, 6.45) is 2.03. The van der Waals surface area contributed by atoms with E-state index in [2.05, 4.69) is 19.2 Å². The van der Waals surface area contributed by atoms with E-state index in [-0.39, 0.29) is 16.9 Å². The van der Waals surface area contributed by atoms with Gasteiger partial charge >= 0.3 is 0 Å². The number of sulfone groups is 1. The molecule has 0 aromatic carbocycles. The topological polar surface area (TPSA) is 55.4 Å². The third kappa shape index (κ3) is 3.66. The second-order valence-corrected chi connectivity index (χ2v) is 7.85. The first-order valence-corrected chi connectivity index (χ1v) is 8.12. The number of hydrogen-bond donors (Lipinski definition) is 1. The molecule has 102 valence electrons. The van der Waals surface area contributed by atoms with Crippen molar-refractivity contribution in [2.45, 2.75) is 45.8 Å². The van der Waals surface area contributed by atoms with E-state index >= 15 is 0 Å². The van der Waals surface area contributed by atoms with Crippen molar-refractivity contribution in [2.24, 2.45) is 5.41 Å². The van der Waals surface area contributed by atoms with Crippen molar-refractivity contribution < 1.29 is 13.2 Å². The molecular formula is C12H25NO3S. The third-order valence-electron chi connectivity index (χ3n) is 3.92. The predicted octanol–water partition coefficient (Wildman–Crippen LogP) is 1.21. The Kier molecular flexibility index (Phi) is 4.98. The fraction of sp³-hybridized carbons (Fsp3) is 1.00. The summed E-state index contributed by atoms with van der Waals surface area (Å²) in [5, 5.41) is 3.43. The van der Waals surface area contributed by atoms with Gasteiger partial charge in [0.15, 0.2) is 0 Å². The first kappa shape index (κ1) is 14.9. The number of hydrogen-bond acceptors (Lipinski definition) is 4. The van der Waals surface area contributed by atoms with Crippen LogP contribution in [0.3, 0.4) is 0 Å². The predicted molar refractivity (Wildman–Crippen MR) is 69.9 cm³/mol. The van der Waals surface area contributed by atoms with Gasteiger partial charge in [-0.3, -0.25) is 0 Å². The highest BCUT2D eigenvalue weighted by Gasteiger charge is 2.47. The van der Waals surface area contributed by atoms with Gasteiger partial charge in [-0.05, 0) is 19.4 Å². The molecule has 0 aliphatic heterocycles. The Morgan fingerprint density at radius 2 is 2.06 bits per heavy atom. The molecule has 0 amide bonds. The molecule has 2 unspecified atom stereocenters. The third-order valence-corrected chi connectivity index (χ3v) is 5.72. The summed E-state index contributed by atoms with van der Waals surface area (Å²) < 4.78 is 28.0. The van der Waals surface area contributed by atoms with Crippen LogP contribution in [0.15, 0.2) is 0 Å². The summed E-state index contributed by atoms with van der Waals surface area (Å²) in [4.78, 5) is 0. The van der Waals surface area contributed by atoms with Gasteiger partial charge in [-0.15, -0.1) is 0 Å². The fourth-order valence-electron chi connectivity index (χ4n) is 2.34. The Morgan fingerprint density at radius 1 is 1.41 bits per heavy atom. The highest BCUT2D eigenvalue weighted by molar-refractivity contribution is 7.91. The molecule has 1 N–H and O–H groups in total. The fourth-order valence-corrected chi connectivity index (χ4v) is 3.22. The monoisotopic (exact) mass is 263 g/mol. The van der Waals surface area contributed by atoms with E-state index in [1.807, 2.05) is 0 Å². The summed E-state index contributed by atoms with van der Waals surface area (Å²) in [7, 11) is -1.07. The molecule has 0 aromatic heterocycles. The van der Waals surface area contributed by atoms with E-state index in [0.29, 0.717) is 18.6 Å². The van der Waals surface area contributed by atoms with Gasteiger partial charge in [0, 0.05) is 24.3 Å². The highest BCUT2D eigenvalue weighted by atomic mass is 32.2. The zero-order valence-corrected chi connectivity index (χ0v) is 12.1. The zero-order chi connectivity index (χ0) is 13.1. The average molecular weight is 263 g/mol. The average Bonchev–Trinajstić information content (AvgIpc) is 2.27. The van der Waals surface area contributed by atoms with Crippen LogP contribution in [0.25, 0.3) is 0 Å². The van der Waals surface area contributed by atoms with E-state index in [9.17, 15) is 8.42 Å². The molecule has 0 saturated heterocycles. The maximum Gasteiger partial charge on any atom is 0.150 e. The first-order chi connectivity index (χ1) is 7.83. The van der Waals surface area contributed by atoms with Crippen LogP contribution < -0.4 is 5.32 Å². The summed E-state index contributed by atoms with van der Waals surface area (Å²) in [6, 6.07) is 0.441. The van der Waals surface area contributed by atoms with Gasteiger partial charge in [-0.25, -0.2) is 8.42 Å². The number of ether oxygens (including phenoxy) is 1. The summed E-state index contributed by atoms with van der Waals surface area (Å²) in [6.45, 7) is 6.83. The van der Waals surface area contributed by atoms with Crippen LogP contribution in [0.5, 0.6) is 0 Å². The van der Waals surface area contributed by atoms with Crippen molar-refractivity contribution in [2.75, 3.05) is 25.2 Å². The Morgan fingerprint density at radius 3 is 2.53 bits per heavy atom. The molecule has 1 aliphatic rings. The van der Waals surface area contributed by atoms with Crippen LogP contribution in [-0.4, -0.2) is 45.7 Å². The van der Waals surface area contributed by atoms with Crippen molar-refractivity contribution in [3.05, 3.63) is 0 Å². The minimum absolute atomic E-state index is 0.151. The Labute approximate surface area is 105 Å². The molecule has 0 aromatic rings. The molecule has 2 atom stereocenters. The molecule has 5 heteroatoms. The Hall–Kier alpha value is -0.130. The molecule has 0 bridgehead atoms. The lowest BCUT2D eigenvalue weighted by Crippen LogP contribution is -2.60. The number of nitrogens with one attached hydrogen (secondary N) is 1. The Bertz CT molecular complexity index is 338. The lowest BCUT2D eigenvalue weighted by molar-refractivity contribution is -0.0971. The van der Waals surface area contributed by atoms with Gasteiger partial charge in [0.05, 0.1) is 11.9 Å². The summed E-state index contributed by atoms with van der Waals surface area (Å²) in [5.41, 5.74) is 0.151. The molecule has 0 spiro atoms. The highest BCUT2D eigenvalue weighted by Crippen LogP contribution is 2.42. The Balaban J connectivity index is 2.21. The second kappa shape index (κ2) is 5.67. The van der Waals surface area contributed by atoms with Crippen molar-refractivity contribution in [1.82, 2.24) is 5.32 Å². The van der Waals surface area contributed by atoms with Crippen molar-refractivity contribution >= 4 is 9.84 Å². The quantitative estimate of drug-likeness (QED) is 0.702. The molecule has 0 heterocycles. The molecule has 1 fully saturated rings. The molecule has 4 nitrogen and oxygen atoms in total. The van der Waals surface area contributed by atoms with E-state index < -0.39 is 9.84 Å². The molecule has 17 heavy (non-hydrogen) atoms. The van der Waals surface area contributed by atoms with Crippen LogP contribution in [0, 0.1) is 5.41 Å². The van der Waals surface area contributed by atoms with E-state index in [0.717, 1.165) is 13.0 Å². The van der Waals surface area contributed by atoms with Crippen LogP contribution in [0.4, 0.5) is 0 Å². The minimum Gasteiger partial charge on any atom is -0.381 e. The molecular weight excluding hydrogens is 238 g/mol. The summed E-state index contributed by atoms with van der Waals surface area (Å²) in [5.74, 6) is 0.533. The van der Waals surface area contributed by atoms with Gasteiger partial charge in [0.1, 0.15) is 9.84 Å². The normalized spacial score (nSPS) is 27.8. The van der Waals surface area contributed by atoms with Crippen LogP contribution in [0.2, 0.25) is 0 Å². The van der Waals surface area contributed by atoms with Crippen LogP contribution in [0.1, 0.15) is 33.6 Å². The van der Waals surface area contributed by atoms with Crippen LogP contribution in [-0.2, 0) is 14.6 Å². The van der Waals surface area contributed by atoms with Crippen molar-refractivity contribution in [1.29, 1.82) is 0 Å². The number of rotatable bonds is 7. The zero-order valence-electron chi connectivity index (χ0n) is 11.3. The van der Waals surface area contributed by atoms with Crippen molar-refractivity contribution in [3.63, 3.8) is 0 Å². The smallest absolute Gasteiger partial charge is 0.150 e. The lowest BCUT2D eigenvalue weighted by atomic mass is 9.64. The maximum absolute atomic E-state index is 11.3. The SMILES string of the molecule is CCS(=O)(=O)CCCNC1CC(OC)C1(C)C. The van der Waals surface area contributed by atoms with Gasteiger partial charge in [-0.1, -0.05) is 20.8 Å². The second-order valence-electron chi connectivity index (χ2n) is 5.38. The molecule has 1 aliphatic carbocycles.